The van der Waals surface area contributed by atoms with E-state index < -0.39 is 11.7 Å². The van der Waals surface area contributed by atoms with Crippen molar-refractivity contribution < 1.29 is 13.2 Å². The van der Waals surface area contributed by atoms with Crippen molar-refractivity contribution >= 4 is 43.6 Å². The third-order valence-corrected chi connectivity index (χ3v) is 17.0. The molecule has 2 heterocycles. The standard InChI is InChI=1S/C75H64F3N3/c1-40-25-45(6)70(46(7)26-40)53-17-21-64-58(33-53)59-34-54(71-47(8)27-41(2)28-48(71)9)18-22-65(59)80(64)68-37-57(74-44(5)15-14-16-63(74)75(76,77)78)38-69(62(68)39-79)81-66-23-19-55(72-49(10)29-42(3)30-50(72)11)35-60(66)61-36-56(20-24-67(61)81)73-51(12)31-43(4)32-52(73)13/h14-38H,1-13H3. The number of fused-ring (bicyclic) bond motifs is 6. The van der Waals surface area contributed by atoms with E-state index in [9.17, 15) is 5.26 Å². The second kappa shape index (κ2) is 19.4. The number of nitrogens with zero attached hydrogens (tertiary/aromatic N) is 3. The number of hydrogen-bond donors (Lipinski definition) is 0. The maximum Gasteiger partial charge on any atom is 0.417 e. The van der Waals surface area contributed by atoms with Gasteiger partial charge in [0, 0.05) is 21.5 Å². The van der Waals surface area contributed by atoms with Crippen LogP contribution in [0.15, 0.2) is 152 Å². The monoisotopic (exact) mass is 1060 g/mol. The Hall–Kier alpha value is -8.92. The molecule has 0 radical (unpaired) electrons. The lowest BCUT2D eigenvalue weighted by molar-refractivity contribution is -0.137. The molecule has 0 unspecified atom stereocenters. The highest BCUT2D eigenvalue weighted by atomic mass is 19.4. The van der Waals surface area contributed by atoms with Crippen molar-refractivity contribution in [1.29, 1.82) is 5.26 Å². The lowest BCUT2D eigenvalue weighted by Crippen LogP contribution is -2.10. The van der Waals surface area contributed by atoms with Crippen LogP contribution in [0.3, 0.4) is 0 Å². The lowest BCUT2D eigenvalue weighted by Gasteiger charge is -2.21. The second-order valence-electron chi connectivity index (χ2n) is 23.2. The Morgan fingerprint density at radius 1 is 0.321 bits per heavy atom. The zero-order valence-corrected chi connectivity index (χ0v) is 48.4. The van der Waals surface area contributed by atoms with Crippen LogP contribution in [0.2, 0.25) is 0 Å². The highest BCUT2D eigenvalue weighted by molar-refractivity contribution is 6.14. The van der Waals surface area contributed by atoms with E-state index in [0.717, 1.165) is 88.1 Å². The Morgan fingerprint density at radius 3 is 0.864 bits per heavy atom. The molecule has 0 saturated heterocycles. The number of alkyl halides is 3. The number of aromatic nitrogens is 2. The summed E-state index contributed by atoms with van der Waals surface area (Å²) >= 11 is 0. The van der Waals surface area contributed by atoms with E-state index >= 15 is 13.2 Å². The van der Waals surface area contributed by atoms with Crippen LogP contribution in [0.4, 0.5) is 13.2 Å². The van der Waals surface area contributed by atoms with Gasteiger partial charge in [0.2, 0.25) is 0 Å². The van der Waals surface area contributed by atoms with Crippen LogP contribution in [0, 0.1) is 101 Å². The average molecular weight is 1060 g/mol. The number of halogens is 3. The van der Waals surface area contributed by atoms with E-state index in [4.69, 9.17) is 0 Å². The van der Waals surface area contributed by atoms with Gasteiger partial charge in [-0.2, -0.15) is 18.4 Å². The number of rotatable bonds is 7. The van der Waals surface area contributed by atoms with Crippen molar-refractivity contribution in [1.82, 2.24) is 9.13 Å². The van der Waals surface area contributed by atoms with Gasteiger partial charge >= 0.3 is 6.18 Å². The predicted molar refractivity (Wildman–Crippen MR) is 334 cm³/mol. The molecule has 3 nitrogen and oxygen atoms in total. The minimum Gasteiger partial charge on any atom is -0.308 e. The fourth-order valence-electron chi connectivity index (χ4n) is 14.2. The number of nitriles is 1. The van der Waals surface area contributed by atoms with Gasteiger partial charge in [-0.05, 0) is 262 Å². The molecule has 6 heteroatoms. The van der Waals surface area contributed by atoms with Gasteiger partial charge in [0.05, 0.1) is 39.0 Å². The molecule has 0 saturated carbocycles. The summed E-state index contributed by atoms with van der Waals surface area (Å²) in [5.74, 6) is 0. The topological polar surface area (TPSA) is 33.6 Å². The largest absolute Gasteiger partial charge is 0.417 e. The quantitative estimate of drug-likeness (QED) is 0.157. The molecule has 0 N–H and O–H groups in total. The highest BCUT2D eigenvalue weighted by Gasteiger charge is 2.35. The second-order valence-corrected chi connectivity index (χ2v) is 23.2. The molecule has 81 heavy (non-hydrogen) atoms. The van der Waals surface area contributed by atoms with Crippen molar-refractivity contribution in [2.45, 2.75) is 96.2 Å². The maximum atomic E-state index is 15.6. The van der Waals surface area contributed by atoms with Crippen molar-refractivity contribution in [3.63, 3.8) is 0 Å². The summed E-state index contributed by atoms with van der Waals surface area (Å²) in [7, 11) is 0. The molecular formula is C75H64F3N3. The zero-order chi connectivity index (χ0) is 57.2. The van der Waals surface area contributed by atoms with Crippen molar-refractivity contribution in [2.75, 3.05) is 0 Å². The summed E-state index contributed by atoms with van der Waals surface area (Å²) in [6.45, 7) is 27.5. The molecule has 0 aliphatic heterocycles. The molecule has 0 fully saturated rings. The summed E-state index contributed by atoms with van der Waals surface area (Å²) in [5, 5.41) is 15.9. The number of benzene rings is 10. The minimum absolute atomic E-state index is 0.0685. The molecule has 0 aliphatic rings. The van der Waals surface area contributed by atoms with Gasteiger partial charge in [-0.3, -0.25) is 0 Å². The van der Waals surface area contributed by atoms with Gasteiger partial charge in [-0.15, -0.1) is 0 Å². The maximum absolute atomic E-state index is 15.6. The third kappa shape index (κ3) is 8.73. The SMILES string of the molecule is Cc1cc(C)c(-c2ccc3c(c2)c2cc(-c4c(C)cc(C)cc4C)ccc2n3-c2cc(-c3c(C)cccc3C(F)(F)F)cc(-n3c4ccc(-c5c(C)cc(C)cc5C)cc4c4cc(-c5c(C)cc(C)cc5C)ccc43)c2C#N)c(C)c1. The van der Waals surface area contributed by atoms with E-state index in [2.05, 4.69) is 220 Å². The molecule has 0 atom stereocenters. The summed E-state index contributed by atoms with van der Waals surface area (Å²) in [6, 6.07) is 54.6. The molecule has 0 spiro atoms. The van der Waals surface area contributed by atoms with Crippen LogP contribution >= 0.6 is 0 Å². The predicted octanol–water partition coefficient (Wildman–Crippen LogP) is 21.1. The third-order valence-electron chi connectivity index (χ3n) is 17.0. The molecule has 0 aliphatic carbocycles. The van der Waals surface area contributed by atoms with Crippen LogP contribution < -0.4 is 0 Å². The molecule has 10 aromatic carbocycles. The Labute approximate surface area is 473 Å². The molecule has 2 aromatic heterocycles. The van der Waals surface area contributed by atoms with E-state index in [1.807, 2.05) is 12.1 Å². The Balaban J connectivity index is 1.23. The van der Waals surface area contributed by atoms with Gasteiger partial charge in [0.25, 0.3) is 0 Å². The Morgan fingerprint density at radius 2 is 0.605 bits per heavy atom. The number of hydrogen-bond acceptors (Lipinski definition) is 1. The van der Waals surface area contributed by atoms with Gasteiger partial charge in [0.1, 0.15) is 11.6 Å². The molecule has 0 bridgehead atoms. The molecular weight excluding hydrogens is 1000 g/mol. The van der Waals surface area contributed by atoms with Gasteiger partial charge in [-0.25, -0.2) is 0 Å². The fraction of sp³-hybridized carbons (Fsp3) is 0.187. The fourth-order valence-corrected chi connectivity index (χ4v) is 14.2. The van der Waals surface area contributed by atoms with Gasteiger partial charge < -0.3 is 9.13 Å². The van der Waals surface area contributed by atoms with E-state index in [-0.39, 0.29) is 5.56 Å². The summed E-state index contributed by atoms with van der Waals surface area (Å²) in [4.78, 5) is 0. The van der Waals surface area contributed by atoms with E-state index in [1.165, 1.54) is 78.9 Å². The molecule has 400 valence electrons. The first kappa shape index (κ1) is 52.8. The summed E-state index contributed by atoms with van der Waals surface area (Å²) in [6.07, 6.45) is -4.67. The van der Waals surface area contributed by atoms with Crippen LogP contribution in [0.1, 0.15) is 83.5 Å². The van der Waals surface area contributed by atoms with Crippen molar-refractivity contribution in [3.8, 4) is 73.1 Å². The normalized spacial score (nSPS) is 11.9. The van der Waals surface area contributed by atoms with E-state index in [0.29, 0.717) is 28.1 Å². The zero-order valence-electron chi connectivity index (χ0n) is 48.4. The first-order chi connectivity index (χ1) is 38.6. The first-order valence-electron chi connectivity index (χ1n) is 27.9. The average Bonchev–Trinajstić information content (AvgIpc) is 3.96. The van der Waals surface area contributed by atoms with Crippen LogP contribution in [-0.4, -0.2) is 9.13 Å². The van der Waals surface area contributed by atoms with E-state index in [1.54, 1.807) is 13.0 Å². The van der Waals surface area contributed by atoms with Crippen LogP contribution in [0.25, 0.3) is 111 Å². The van der Waals surface area contributed by atoms with Crippen molar-refractivity contribution in [3.05, 3.63) is 235 Å². The van der Waals surface area contributed by atoms with Crippen molar-refractivity contribution in [2.24, 2.45) is 0 Å². The van der Waals surface area contributed by atoms with Crippen LogP contribution in [-0.2, 0) is 6.18 Å². The first-order valence-corrected chi connectivity index (χ1v) is 27.9. The molecule has 0 amide bonds. The Kier molecular flexibility index (Phi) is 12.6. The van der Waals surface area contributed by atoms with Gasteiger partial charge in [0.15, 0.2) is 0 Å². The Bertz CT molecular complexity index is 4140. The molecule has 12 aromatic rings. The lowest BCUT2D eigenvalue weighted by atomic mass is 9.91. The summed E-state index contributed by atoms with van der Waals surface area (Å²) < 4.78 is 51.1. The molecule has 12 rings (SSSR count). The van der Waals surface area contributed by atoms with Crippen LogP contribution in [0.5, 0.6) is 0 Å². The smallest absolute Gasteiger partial charge is 0.308 e. The number of aryl methyl sites for hydroxylation is 13. The van der Waals surface area contributed by atoms with Gasteiger partial charge in [-0.1, -0.05) is 107 Å². The highest BCUT2D eigenvalue weighted by Crippen LogP contribution is 2.47. The minimum atomic E-state index is -4.67. The summed E-state index contributed by atoms with van der Waals surface area (Å²) in [5.41, 5.74) is 27.8.